The molecule has 2 aromatic heterocycles. The van der Waals surface area contributed by atoms with Gasteiger partial charge in [0.05, 0.1) is 6.20 Å². The number of rotatable bonds is 3. The lowest BCUT2D eigenvalue weighted by Gasteiger charge is -2.39. The zero-order chi connectivity index (χ0) is 19.0. The minimum absolute atomic E-state index is 0.00540. The molecule has 27 heavy (non-hydrogen) atoms. The van der Waals surface area contributed by atoms with Crippen LogP contribution >= 0.6 is 0 Å². The van der Waals surface area contributed by atoms with Gasteiger partial charge in [-0.05, 0) is 35.9 Å². The number of anilines is 1. The number of hydrogen-bond acceptors (Lipinski definition) is 6. The van der Waals surface area contributed by atoms with Crippen molar-refractivity contribution in [1.29, 1.82) is 0 Å². The maximum Gasteiger partial charge on any atom is 0.260 e. The molecule has 1 fully saturated rings. The van der Waals surface area contributed by atoms with Gasteiger partial charge in [0.15, 0.2) is 5.82 Å². The average molecular weight is 366 g/mol. The van der Waals surface area contributed by atoms with E-state index in [9.17, 15) is 9.59 Å². The second-order valence-electron chi connectivity index (χ2n) is 6.46. The quantitative estimate of drug-likeness (QED) is 0.725. The van der Waals surface area contributed by atoms with Crippen LogP contribution in [0.15, 0.2) is 36.8 Å². The van der Waals surface area contributed by atoms with Gasteiger partial charge in [0, 0.05) is 18.3 Å². The number of benzene rings is 1. The Kier molecular flexibility index (Phi) is 4.15. The molecule has 3 heterocycles. The summed E-state index contributed by atoms with van der Waals surface area (Å²) in [7, 11) is 0. The number of carbonyl (C=O) groups excluding carboxylic acids is 2. The highest BCUT2D eigenvalue weighted by molar-refractivity contribution is 6.03. The van der Waals surface area contributed by atoms with Crippen LogP contribution in [0.5, 0.6) is 0 Å². The van der Waals surface area contributed by atoms with Gasteiger partial charge in [0.1, 0.15) is 18.4 Å². The zero-order valence-corrected chi connectivity index (χ0v) is 14.9. The van der Waals surface area contributed by atoms with Crippen molar-refractivity contribution in [1.82, 2.24) is 35.3 Å². The number of aromatic amines is 1. The van der Waals surface area contributed by atoms with Crippen LogP contribution in [-0.2, 0) is 4.79 Å². The van der Waals surface area contributed by atoms with E-state index in [1.165, 1.54) is 17.2 Å². The first-order valence-corrected chi connectivity index (χ1v) is 8.50. The number of nitrogens with zero attached hydrogens (tertiary/aromatic N) is 7. The number of carbonyl (C=O) groups is 2. The number of piperazine rings is 1. The first-order chi connectivity index (χ1) is 13.1. The molecule has 0 radical (unpaired) electrons. The summed E-state index contributed by atoms with van der Waals surface area (Å²) in [6.45, 7) is 4.31. The summed E-state index contributed by atoms with van der Waals surface area (Å²) in [6, 6.07) is 7.57. The van der Waals surface area contributed by atoms with E-state index in [-0.39, 0.29) is 24.4 Å². The van der Waals surface area contributed by atoms with Gasteiger partial charge in [-0.1, -0.05) is 18.2 Å². The van der Waals surface area contributed by atoms with Gasteiger partial charge in [0.2, 0.25) is 5.91 Å². The number of para-hydroxylation sites is 1. The molecule has 1 aliphatic rings. The van der Waals surface area contributed by atoms with E-state index in [2.05, 4.69) is 25.7 Å². The van der Waals surface area contributed by atoms with E-state index in [4.69, 9.17) is 0 Å². The second kappa shape index (κ2) is 6.63. The second-order valence-corrected chi connectivity index (χ2v) is 6.46. The van der Waals surface area contributed by atoms with Crippen LogP contribution in [0.2, 0.25) is 0 Å². The normalized spacial score (nSPS) is 17.4. The standard InChI is InChI=1S/C17H18N8O2/c1-11-5-3-4-6-14(11)24-8-12(2)23(9-15(24)26)17(27)13-7-18-20-16(13)25-10-19-21-22-25/h3-7,10,12H,8-9H2,1-2H3,(H,18,20)/t12-/m1/s1. The van der Waals surface area contributed by atoms with Crippen molar-refractivity contribution in [3.05, 3.63) is 47.9 Å². The highest BCUT2D eigenvalue weighted by Crippen LogP contribution is 2.25. The summed E-state index contributed by atoms with van der Waals surface area (Å²) in [4.78, 5) is 29.1. The topological polar surface area (TPSA) is 113 Å². The fourth-order valence-electron chi connectivity index (χ4n) is 3.25. The predicted octanol–water partition coefficient (Wildman–Crippen LogP) is 0.571. The Bertz CT molecular complexity index is 981. The van der Waals surface area contributed by atoms with Gasteiger partial charge in [-0.25, -0.2) is 0 Å². The van der Waals surface area contributed by atoms with Crippen LogP contribution in [0.4, 0.5) is 5.69 Å². The summed E-state index contributed by atoms with van der Waals surface area (Å²) in [5, 5.41) is 17.6. The minimum atomic E-state index is -0.292. The minimum Gasteiger partial charge on any atom is -0.325 e. The Balaban J connectivity index is 1.58. The molecule has 138 valence electrons. The first-order valence-electron chi connectivity index (χ1n) is 8.50. The van der Waals surface area contributed by atoms with Crippen LogP contribution in [0.3, 0.4) is 0 Å². The van der Waals surface area contributed by atoms with Crippen LogP contribution in [0.25, 0.3) is 5.82 Å². The lowest BCUT2D eigenvalue weighted by atomic mass is 10.1. The van der Waals surface area contributed by atoms with E-state index in [1.807, 2.05) is 38.1 Å². The van der Waals surface area contributed by atoms with Crippen molar-refractivity contribution >= 4 is 17.5 Å². The molecule has 1 saturated heterocycles. The van der Waals surface area contributed by atoms with Crippen molar-refractivity contribution in [2.75, 3.05) is 18.0 Å². The fourth-order valence-corrected chi connectivity index (χ4v) is 3.25. The fraction of sp³-hybridized carbons (Fsp3) is 0.294. The van der Waals surface area contributed by atoms with Gasteiger partial charge >= 0.3 is 0 Å². The van der Waals surface area contributed by atoms with Gasteiger partial charge in [-0.2, -0.15) is 9.78 Å². The van der Waals surface area contributed by atoms with Gasteiger partial charge in [-0.15, -0.1) is 5.10 Å². The smallest absolute Gasteiger partial charge is 0.260 e. The number of aromatic nitrogens is 6. The summed E-state index contributed by atoms with van der Waals surface area (Å²) in [5.74, 6) is -0.0475. The number of H-pyrrole nitrogens is 1. The van der Waals surface area contributed by atoms with E-state index in [0.29, 0.717) is 17.9 Å². The van der Waals surface area contributed by atoms with Crippen molar-refractivity contribution < 1.29 is 9.59 Å². The van der Waals surface area contributed by atoms with Crippen LogP contribution in [-0.4, -0.2) is 66.3 Å². The van der Waals surface area contributed by atoms with Crippen LogP contribution < -0.4 is 4.90 Å². The predicted molar refractivity (Wildman–Crippen MR) is 95.3 cm³/mol. The highest BCUT2D eigenvalue weighted by Gasteiger charge is 2.35. The zero-order valence-electron chi connectivity index (χ0n) is 14.9. The Morgan fingerprint density at radius 1 is 1.30 bits per heavy atom. The third-order valence-corrected chi connectivity index (χ3v) is 4.68. The average Bonchev–Trinajstić information content (AvgIpc) is 3.34. The SMILES string of the molecule is Cc1ccccc1N1C[C@@H](C)N(C(=O)c2cn[nH]c2-n2cnnn2)CC1=O. The molecule has 3 aromatic rings. The van der Waals surface area contributed by atoms with Crippen LogP contribution in [0.1, 0.15) is 22.8 Å². The lowest BCUT2D eigenvalue weighted by Crippen LogP contribution is -2.57. The summed E-state index contributed by atoms with van der Waals surface area (Å²) in [5.41, 5.74) is 2.21. The van der Waals surface area contributed by atoms with E-state index in [1.54, 1.807) is 9.80 Å². The maximum absolute atomic E-state index is 13.1. The molecular formula is C17H18N8O2. The Hall–Kier alpha value is -3.56. The van der Waals surface area contributed by atoms with Gasteiger partial charge in [0.25, 0.3) is 5.91 Å². The van der Waals surface area contributed by atoms with Crippen molar-refractivity contribution in [2.45, 2.75) is 19.9 Å². The highest BCUT2D eigenvalue weighted by atomic mass is 16.2. The van der Waals surface area contributed by atoms with Gasteiger partial charge in [-0.3, -0.25) is 14.7 Å². The van der Waals surface area contributed by atoms with Gasteiger partial charge < -0.3 is 9.80 Å². The van der Waals surface area contributed by atoms with Crippen molar-refractivity contribution in [3.63, 3.8) is 0 Å². The molecule has 1 aromatic carbocycles. The third-order valence-electron chi connectivity index (χ3n) is 4.68. The summed E-state index contributed by atoms with van der Waals surface area (Å²) in [6.07, 6.45) is 2.79. The number of aryl methyl sites for hydroxylation is 1. The molecule has 4 rings (SSSR count). The molecule has 0 bridgehead atoms. The van der Waals surface area contributed by atoms with Crippen molar-refractivity contribution in [3.8, 4) is 5.82 Å². The van der Waals surface area contributed by atoms with Crippen molar-refractivity contribution in [2.24, 2.45) is 0 Å². The molecule has 1 atom stereocenters. The Morgan fingerprint density at radius 3 is 2.85 bits per heavy atom. The molecule has 1 N–H and O–H groups in total. The first kappa shape index (κ1) is 16.9. The maximum atomic E-state index is 13.1. The van der Waals surface area contributed by atoms with Crippen LogP contribution in [0, 0.1) is 6.92 Å². The molecule has 2 amide bonds. The third kappa shape index (κ3) is 2.94. The lowest BCUT2D eigenvalue weighted by molar-refractivity contribution is -0.121. The monoisotopic (exact) mass is 366 g/mol. The Labute approximate surface area is 154 Å². The number of hydrogen-bond donors (Lipinski definition) is 1. The van der Waals surface area contributed by atoms with E-state index in [0.717, 1.165) is 11.3 Å². The van der Waals surface area contributed by atoms with E-state index >= 15 is 0 Å². The Morgan fingerprint density at radius 2 is 2.11 bits per heavy atom. The number of amides is 2. The molecule has 10 heteroatoms. The van der Waals surface area contributed by atoms with E-state index < -0.39 is 0 Å². The molecule has 10 nitrogen and oxygen atoms in total. The molecule has 0 aliphatic carbocycles. The molecule has 0 unspecified atom stereocenters. The number of tetrazole rings is 1. The molecular weight excluding hydrogens is 348 g/mol. The molecule has 0 saturated carbocycles. The summed E-state index contributed by atoms with van der Waals surface area (Å²) >= 11 is 0. The molecule has 1 aliphatic heterocycles. The number of nitrogens with one attached hydrogen (secondary N) is 1. The largest absolute Gasteiger partial charge is 0.325 e. The summed E-state index contributed by atoms with van der Waals surface area (Å²) < 4.78 is 1.33. The molecule has 0 spiro atoms.